The highest BCUT2D eigenvalue weighted by Crippen LogP contribution is 2.39. The Kier molecular flexibility index (Phi) is 9.11. The van der Waals surface area contributed by atoms with Crippen LogP contribution in [-0.2, 0) is 0 Å². The highest BCUT2D eigenvalue weighted by molar-refractivity contribution is 5.89. The predicted molar refractivity (Wildman–Crippen MR) is 218 cm³/mol. The Morgan fingerprint density at radius 1 is 0.308 bits per heavy atom. The lowest BCUT2D eigenvalue weighted by atomic mass is 9.93. The Hall–Kier alpha value is -7.15. The number of rotatable bonds is 9. The monoisotopic (exact) mass is 665 g/mol. The van der Waals surface area contributed by atoms with Crippen molar-refractivity contribution in [3.05, 3.63) is 206 Å². The molecule has 0 unspecified atom stereocenters. The average Bonchev–Trinajstić information content (AvgIpc) is 3.23. The van der Waals surface area contributed by atoms with Crippen molar-refractivity contribution in [2.24, 2.45) is 0 Å². The van der Waals surface area contributed by atoms with Crippen LogP contribution in [-0.4, -0.2) is 0 Å². The van der Waals surface area contributed by atoms with Gasteiger partial charge in [-0.15, -0.1) is 0 Å². The van der Waals surface area contributed by atoms with Crippen LogP contribution >= 0.6 is 0 Å². The summed E-state index contributed by atoms with van der Waals surface area (Å²) in [7, 11) is 0. The first-order valence-corrected chi connectivity index (χ1v) is 17.4. The van der Waals surface area contributed by atoms with Gasteiger partial charge in [-0.1, -0.05) is 140 Å². The first-order valence-electron chi connectivity index (χ1n) is 17.4. The van der Waals surface area contributed by atoms with Crippen molar-refractivity contribution >= 4 is 22.7 Å². The first-order chi connectivity index (χ1) is 25.7. The Morgan fingerprint density at radius 2 is 0.635 bits per heavy atom. The predicted octanol–water partition coefficient (Wildman–Crippen LogP) is 13.4. The van der Waals surface area contributed by atoms with Crippen molar-refractivity contribution in [2.45, 2.75) is 0 Å². The van der Waals surface area contributed by atoms with E-state index in [0.717, 1.165) is 56.1 Å². The van der Waals surface area contributed by atoms with Gasteiger partial charge in [0.25, 0.3) is 0 Å². The fourth-order valence-electron chi connectivity index (χ4n) is 6.55. The van der Waals surface area contributed by atoms with Gasteiger partial charge in [0, 0.05) is 33.9 Å². The van der Waals surface area contributed by atoms with Gasteiger partial charge < -0.3 is 10.6 Å². The summed E-state index contributed by atoms with van der Waals surface area (Å²) < 4.78 is 0. The summed E-state index contributed by atoms with van der Waals surface area (Å²) in [5.74, 6) is 0. The van der Waals surface area contributed by atoms with Crippen LogP contribution < -0.4 is 10.6 Å². The molecule has 8 aromatic carbocycles. The van der Waals surface area contributed by atoms with E-state index in [1.54, 1.807) is 0 Å². The molecule has 0 saturated heterocycles. The van der Waals surface area contributed by atoms with Crippen LogP contribution in [0.3, 0.4) is 0 Å². The molecule has 0 atom stereocenters. The second kappa shape index (κ2) is 14.8. The lowest BCUT2D eigenvalue weighted by molar-refractivity contribution is 1.48. The molecule has 2 N–H and O–H groups in total. The lowest BCUT2D eigenvalue weighted by Gasteiger charge is -2.17. The summed E-state index contributed by atoms with van der Waals surface area (Å²) >= 11 is 0. The van der Waals surface area contributed by atoms with Crippen molar-refractivity contribution < 1.29 is 0 Å². The third kappa shape index (κ3) is 7.09. The van der Waals surface area contributed by atoms with E-state index in [9.17, 15) is 5.26 Å². The second-order valence-corrected chi connectivity index (χ2v) is 12.7. The van der Waals surface area contributed by atoms with Gasteiger partial charge in [0.15, 0.2) is 0 Å². The van der Waals surface area contributed by atoms with E-state index in [2.05, 4.69) is 174 Å². The molecule has 8 aromatic rings. The van der Waals surface area contributed by atoms with Gasteiger partial charge in [0.05, 0.1) is 11.6 Å². The van der Waals surface area contributed by atoms with Gasteiger partial charge in [0.1, 0.15) is 0 Å². The van der Waals surface area contributed by atoms with Gasteiger partial charge in [-0.25, -0.2) is 0 Å². The molecule has 0 aliphatic heterocycles. The number of nitrogens with one attached hydrogen (secondary N) is 2. The summed E-state index contributed by atoms with van der Waals surface area (Å²) in [4.78, 5) is 0. The van der Waals surface area contributed by atoms with Crippen LogP contribution in [0.1, 0.15) is 5.56 Å². The maximum absolute atomic E-state index is 9.47. The summed E-state index contributed by atoms with van der Waals surface area (Å²) in [6, 6.07) is 71.7. The molecule has 246 valence electrons. The maximum atomic E-state index is 9.47. The number of nitrogens with zero attached hydrogens (tertiary/aromatic N) is 1. The Bertz CT molecular complexity index is 2460. The summed E-state index contributed by atoms with van der Waals surface area (Å²) in [6.45, 7) is 0. The van der Waals surface area contributed by atoms with Crippen molar-refractivity contribution in [3.63, 3.8) is 0 Å². The maximum Gasteiger partial charge on any atom is 0.0991 e. The minimum Gasteiger partial charge on any atom is -0.355 e. The molecule has 0 spiro atoms. The third-order valence-corrected chi connectivity index (χ3v) is 9.32. The van der Waals surface area contributed by atoms with E-state index in [4.69, 9.17) is 0 Å². The third-order valence-electron chi connectivity index (χ3n) is 9.32. The van der Waals surface area contributed by atoms with E-state index in [0.29, 0.717) is 5.56 Å². The van der Waals surface area contributed by atoms with Gasteiger partial charge in [-0.05, 0) is 105 Å². The van der Waals surface area contributed by atoms with Crippen LogP contribution in [0, 0.1) is 11.3 Å². The molecule has 52 heavy (non-hydrogen) atoms. The van der Waals surface area contributed by atoms with E-state index >= 15 is 0 Å². The molecular weight excluding hydrogens is 631 g/mol. The highest BCUT2D eigenvalue weighted by atomic mass is 14.9. The SMILES string of the molecule is N#Cc1ccc(-c2cc(-c3ccc(Nc4ccc(-c5ccccc5)cc4)c(-c4ccccc4)c3)ccc2Nc2ccc(-c3ccccc3)cc2)cc1. The second-order valence-electron chi connectivity index (χ2n) is 12.7. The molecule has 0 aromatic heterocycles. The topological polar surface area (TPSA) is 47.9 Å². The first kappa shape index (κ1) is 32.1. The molecule has 0 bridgehead atoms. The van der Waals surface area contributed by atoms with E-state index in [1.807, 2.05) is 42.5 Å². The highest BCUT2D eigenvalue weighted by Gasteiger charge is 2.13. The summed E-state index contributed by atoms with van der Waals surface area (Å²) in [6.07, 6.45) is 0. The van der Waals surface area contributed by atoms with E-state index in [-0.39, 0.29) is 0 Å². The van der Waals surface area contributed by atoms with E-state index < -0.39 is 0 Å². The molecule has 0 radical (unpaired) electrons. The Labute approximate surface area is 305 Å². The zero-order valence-electron chi connectivity index (χ0n) is 28.5. The quantitative estimate of drug-likeness (QED) is 0.161. The molecular formula is C49H35N3. The minimum absolute atomic E-state index is 0.635. The fraction of sp³-hybridized carbons (Fsp3) is 0. The number of benzene rings is 8. The molecule has 0 amide bonds. The van der Waals surface area contributed by atoms with Crippen molar-refractivity contribution in [2.75, 3.05) is 10.6 Å². The van der Waals surface area contributed by atoms with Gasteiger partial charge in [0.2, 0.25) is 0 Å². The molecule has 3 nitrogen and oxygen atoms in total. The molecule has 8 rings (SSSR count). The number of hydrogen-bond donors (Lipinski definition) is 2. The van der Waals surface area contributed by atoms with E-state index in [1.165, 1.54) is 22.3 Å². The molecule has 0 heterocycles. The number of hydrogen-bond acceptors (Lipinski definition) is 3. The zero-order chi connectivity index (χ0) is 35.1. The lowest BCUT2D eigenvalue weighted by Crippen LogP contribution is -1.96. The van der Waals surface area contributed by atoms with Crippen LogP contribution in [0.25, 0.3) is 55.6 Å². The fourth-order valence-corrected chi connectivity index (χ4v) is 6.55. The van der Waals surface area contributed by atoms with Gasteiger partial charge >= 0.3 is 0 Å². The Balaban J connectivity index is 1.14. The van der Waals surface area contributed by atoms with Gasteiger partial charge in [-0.3, -0.25) is 0 Å². The van der Waals surface area contributed by atoms with Crippen LogP contribution in [0.15, 0.2) is 200 Å². The molecule has 0 saturated carbocycles. The standard InChI is InChI=1S/C49H35N3/c50-34-35-16-18-41(19-17-35)47-33-43(25-31-49(47)52-45-28-22-39(23-29-45)37-12-6-2-7-13-37)42-24-30-48(46(32-42)40-14-8-3-9-15-40)51-44-26-20-38(21-27-44)36-10-4-1-5-11-36/h1-33,51-52H. The smallest absolute Gasteiger partial charge is 0.0991 e. The summed E-state index contributed by atoms with van der Waals surface area (Å²) in [5.41, 5.74) is 16.0. The average molecular weight is 666 g/mol. The van der Waals surface area contributed by atoms with Crippen molar-refractivity contribution in [1.82, 2.24) is 0 Å². The Morgan fingerprint density at radius 3 is 1.04 bits per heavy atom. The largest absolute Gasteiger partial charge is 0.355 e. The van der Waals surface area contributed by atoms with Crippen LogP contribution in [0.2, 0.25) is 0 Å². The zero-order valence-corrected chi connectivity index (χ0v) is 28.5. The van der Waals surface area contributed by atoms with Crippen molar-refractivity contribution in [3.8, 4) is 61.7 Å². The molecule has 3 heteroatoms. The van der Waals surface area contributed by atoms with Crippen molar-refractivity contribution in [1.29, 1.82) is 5.26 Å². The normalized spacial score (nSPS) is 10.7. The van der Waals surface area contributed by atoms with Crippen LogP contribution in [0.5, 0.6) is 0 Å². The van der Waals surface area contributed by atoms with Gasteiger partial charge in [-0.2, -0.15) is 5.26 Å². The number of nitriles is 1. The molecule has 0 aliphatic carbocycles. The minimum atomic E-state index is 0.635. The van der Waals surface area contributed by atoms with Crippen LogP contribution in [0.4, 0.5) is 22.7 Å². The summed E-state index contributed by atoms with van der Waals surface area (Å²) in [5, 5.41) is 16.8. The molecule has 0 fully saturated rings. The molecule has 0 aliphatic rings. The number of anilines is 4.